The number of nitrogens with zero attached hydrogens (tertiary/aromatic N) is 3. The summed E-state index contributed by atoms with van der Waals surface area (Å²) in [6, 6.07) is 17.1. The molecule has 0 unspecified atom stereocenters. The van der Waals surface area contributed by atoms with Gasteiger partial charge in [0.15, 0.2) is 0 Å². The van der Waals surface area contributed by atoms with E-state index in [1.165, 1.54) is 30.5 Å². The van der Waals surface area contributed by atoms with Gasteiger partial charge in [-0.15, -0.1) is 0 Å². The zero-order chi connectivity index (χ0) is 17.6. The monoisotopic (exact) mass is 336 g/mol. The molecule has 1 amide bonds. The molecule has 0 spiro atoms. The summed E-state index contributed by atoms with van der Waals surface area (Å²) in [7, 11) is 1.86. The van der Waals surface area contributed by atoms with Gasteiger partial charge in [0.25, 0.3) is 5.91 Å². The number of rotatable bonds is 5. The normalized spacial score (nSPS) is 10.3. The molecule has 3 rings (SSSR count). The largest absolute Gasteiger partial charge is 0.340 e. The van der Waals surface area contributed by atoms with Crippen molar-refractivity contribution in [2.75, 3.05) is 17.3 Å². The van der Waals surface area contributed by atoms with Gasteiger partial charge in [0.1, 0.15) is 11.5 Å². The maximum absolute atomic E-state index is 13.2. The maximum atomic E-state index is 13.2. The number of hydrogen-bond acceptors (Lipinski definition) is 4. The van der Waals surface area contributed by atoms with Gasteiger partial charge >= 0.3 is 0 Å². The summed E-state index contributed by atoms with van der Waals surface area (Å²) in [4.78, 5) is 22.7. The Bertz CT molecular complexity index is 870. The lowest BCUT2D eigenvalue weighted by Crippen LogP contribution is -2.21. The van der Waals surface area contributed by atoms with Crippen LogP contribution in [0.15, 0.2) is 66.9 Å². The third-order valence-electron chi connectivity index (χ3n) is 3.56. The Balaban J connectivity index is 1.73. The fourth-order valence-electron chi connectivity index (χ4n) is 2.35. The Morgan fingerprint density at radius 2 is 1.92 bits per heavy atom. The number of carbonyl (C=O) groups is 1. The molecule has 0 atom stereocenters. The van der Waals surface area contributed by atoms with E-state index in [0.29, 0.717) is 18.2 Å². The molecule has 2 aromatic carbocycles. The molecule has 0 aliphatic carbocycles. The molecule has 0 radical (unpaired) electrons. The van der Waals surface area contributed by atoms with Crippen LogP contribution in [0.5, 0.6) is 0 Å². The third kappa shape index (κ3) is 4.38. The van der Waals surface area contributed by atoms with E-state index in [1.807, 2.05) is 42.3 Å². The highest BCUT2D eigenvalue weighted by Gasteiger charge is 2.12. The molecule has 126 valence electrons. The van der Waals surface area contributed by atoms with Crippen LogP contribution in [0.3, 0.4) is 0 Å². The number of hydrogen-bond donors (Lipinski definition) is 1. The number of amides is 1. The number of anilines is 2. The van der Waals surface area contributed by atoms with E-state index in [4.69, 9.17) is 0 Å². The lowest BCUT2D eigenvalue weighted by molar-refractivity contribution is 0.102. The van der Waals surface area contributed by atoms with Crippen molar-refractivity contribution >= 4 is 17.5 Å². The first-order valence-electron chi connectivity index (χ1n) is 7.77. The van der Waals surface area contributed by atoms with Crippen molar-refractivity contribution in [2.45, 2.75) is 6.54 Å². The second-order valence-corrected chi connectivity index (χ2v) is 5.55. The van der Waals surface area contributed by atoms with Gasteiger partial charge in [-0.05, 0) is 29.8 Å². The van der Waals surface area contributed by atoms with Gasteiger partial charge in [0.05, 0.1) is 0 Å². The predicted octanol–water partition coefficient (Wildman–Crippen LogP) is 3.50. The second kappa shape index (κ2) is 7.53. The van der Waals surface area contributed by atoms with Crippen LogP contribution < -0.4 is 10.2 Å². The van der Waals surface area contributed by atoms with E-state index in [0.717, 1.165) is 5.56 Å². The Hall–Kier alpha value is -3.28. The molecular formula is C19H17FN4O. The Morgan fingerprint density at radius 1 is 1.12 bits per heavy atom. The minimum Gasteiger partial charge on any atom is -0.340 e. The molecule has 0 bridgehead atoms. The summed E-state index contributed by atoms with van der Waals surface area (Å²) >= 11 is 0. The first-order chi connectivity index (χ1) is 12.1. The van der Waals surface area contributed by atoms with Crippen LogP contribution in [0.25, 0.3) is 0 Å². The van der Waals surface area contributed by atoms with Gasteiger partial charge in [0, 0.05) is 25.5 Å². The van der Waals surface area contributed by atoms with E-state index in [9.17, 15) is 9.18 Å². The first kappa shape index (κ1) is 16.6. The molecule has 0 fully saturated rings. The van der Waals surface area contributed by atoms with Gasteiger partial charge < -0.3 is 10.2 Å². The van der Waals surface area contributed by atoms with Crippen LogP contribution in [0.1, 0.15) is 16.1 Å². The lowest BCUT2D eigenvalue weighted by atomic mass is 10.2. The molecule has 25 heavy (non-hydrogen) atoms. The SMILES string of the molecule is CN(Cc1ccccc1)c1nccc(C(=O)Nc2cccc(F)c2)n1. The Kier molecular flexibility index (Phi) is 4.99. The molecular weight excluding hydrogens is 319 g/mol. The number of nitrogens with one attached hydrogen (secondary N) is 1. The molecule has 1 aromatic heterocycles. The van der Waals surface area contributed by atoms with Crippen molar-refractivity contribution in [1.29, 1.82) is 0 Å². The van der Waals surface area contributed by atoms with Crippen molar-refractivity contribution in [3.8, 4) is 0 Å². The van der Waals surface area contributed by atoms with Crippen LogP contribution in [-0.4, -0.2) is 22.9 Å². The molecule has 0 aliphatic heterocycles. The zero-order valence-corrected chi connectivity index (χ0v) is 13.7. The molecule has 3 aromatic rings. The number of benzene rings is 2. The Labute approximate surface area is 145 Å². The van der Waals surface area contributed by atoms with Crippen LogP contribution in [-0.2, 0) is 6.54 Å². The van der Waals surface area contributed by atoms with Gasteiger partial charge in [-0.3, -0.25) is 4.79 Å². The molecule has 6 heteroatoms. The van der Waals surface area contributed by atoms with Crippen molar-refractivity contribution in [3.63, 3.8) is 0 Å². The fourth-order valence-corrected chi connectivity index (χ4v) is 2.35. The Morgan fingerprint density at radius 3 is 2.68 bits per heavy atom. The van der Waals surface area contributed by atoms with Crippen molar-refractivity contribution in [3.05, 3.63) is 83.9 Å². The van der Waals surface area contributed by atoms with E-state index in [2.05, 4.69) is 15.3 Å². The highest BCUT2D eigenvalue weighted by atomic mass is 19.1. The molecule has 1 heterocycles. The van der Waals surface area contributed by atoms with E-state index in [1.54, 1.807) is 6.07 Å². The third-order valence-corrected chi connectivity index (χ3v) is 3.56. The van der Waals surface area contributed by atoms with Crippen molar-refractivity contribution < 1.29 is 9.18 Å². The summed E-state index contributed by atoms with van der Waals surface area (Å²) in [6.45, 7) is 0.621. The molecule has 0 saturated heterocycles. The molecule has 5 nitrogen and oxygen atoms in total. The summed E-state index contributed by atoms with van der Waals surface area (Å²) in [6.07, 6.45) is 1.53. The van der Waals surface area contributed by atoms with E-state index in [-0.39, 0.29) is 5.69 Å². The van der Waals surface area contributed by atoms with Crippen LogP contribution >= 0.6 is 0 Å². The van der Waals surface area contributed by atoms with Gasteiger partial charge in [-0.2, -0.15) is 0 Å². The van der Waals surface area contributed by atoms with E-state index >= 15 is 0 Å². The summed E-state index contributed by atoms with van der Waals surface area (Å²) < 4.78 is 13.2. The molecule has 0 aliphatic rings. The number of aromatic nitrogens is 2. The fraction of sp³-hybridized carbons (Fsp3) is 0.105. The number of carbonyl (C=O) groups excluding carboxylic acids is 1. The zero-order valence-electron chi connectivity index (χ0n) is 13.7. The summed E-state index contributed by atoms with van der Waals surface area (Å²) in [5, 5.41) is 2.63. The van der Waals surface area contributed by atoms with Crippen molar-refractivity contribution in [2.24, 2.45) is 0 Å². The predicted molar refractivity (Wildman–Crippen MR) is 94.9 cm³/mol. The summed E-state index contributed by atoms with van der Waals surface area (Å²) in [5.74, 6) is -0.387. The highest BCUT2D eigenvalue weighted by molar-refractivity contribution is 6.02. The highest BCUT2D eigenvalue weighted by Crippen LogP contribution is 2.13. The van der Waals surface area contributed by atoms with Gasteiger partial charge in [-0.1, -0.05) is 36.4 Å². The van der Waals surface area contributed by atoms with Crippen LogP contribution in [0.4, 0.5) is 16.0 Å². The first-order valence-corrected chi connectivity index (χ1v) is 7.77. The second-order valence-electron chi connectivity index (χ2n) is 5.55. The van der Waals surface area contributed by atoms with Gasteiger partial charge in [-0.25, -0.2) is 14.4 Å². The van der Waals surface area contributed by atoms with Crippen LogP contribution in [0, 0.1) is 5.82 Å². The smallest absolute Gasteiger partial charge is 0.274 e. The summed E-state index contributed by atoms with van der Waals surface area (Å²) in [5.41, 5.74) is 1.71. The van der Waals surface area contributed by atoms with Crippen molar-refractivity contribution in [1.82, 2.24) is 9.97 Å². The topological polar surface area (TPSA) is 58.1 Å². The standard InChI is InChI=1S/C19H17FN4O/c1-24(13-14-6-3-2-4-7-14)19-21-11-10-17(23-19)18(25)22-16-9-5-8-15(20)12-16/h2-12H,13H2,1H3,(H,22,25). The maximum Gasteiger partial charge on any atom is 0.274 e. The quantitative estimate of drug-likeness (QED) is 0.775. The minimum atomic E-state index is -0.414. The average Bonchev–Trinajstić information content (AvgIpc) is 2.62. The molecule has 0 saturated carbocycles. The lowest BCUT2D eigenvalue weighted by Gasteiger charge is -2.17. The van der Waals surface area contributed by atoms with E-state index < -0.39 is 11.7 Å². The molecule has 1 N–H and O–H groups in total. The van der Waals surface area contributed by atoms with Crippen LogP contribution in [0.2, 0.25) is 0 Å². The number of halogens is 1. The van der Waals surface area contributed by atoms with Gasteiger partial charge in [0.2, 0.25) is 5.95 Å². The minimum absolute atomic E-state index is 0.217. The average molecular weight is 336 g/mol.